The highest BCUT2D eigenvalue weighted by atomic mass is 19.3. The van der Waals surface area contributed by atoms with E-state index in [9.17, 15) is 23.7 Å². The van der Waals surface area contributed by atoms with Crippen LogP contribution in [0.5, 0.6) is 0 Å². The van der Waals surface area contributed by atoms with Gasteiger partial charge in [-0.05, 0) is 0 Å². The van der Waals surface area contributed by atoms with Gasteiger partial charge in [0.15, 0.2) is 6.29 Å². The van der Waals surface area contributed by atoms with Gasteiger partial charge in [0.25, 0.3) is 6.43 Å². The number of halogens is 2. The number of anilines is 1. The summed E-state index contributed by atoms with van der Waals surface area (Å²) in [5.74, 6) is -0.638. The van der Waals surface area contributed by atoms with Crippen molar-refractivity contribution >= 4 is 17.8 Å². The smallest absolute Gasteiger partial charge is 0.311 e. The van der Waals surface area contributed by atoms with E-state index in [1.807, 2.05) is 0 Å². The predicted octanol–water partition coefficient (Wildman–Crippen LogP) is 1.32. The Kier molecular flexibility index (Phi) is 2.88. The lowest BCUT2D eigenvalue weighted by molar-refractivity contribution is -0.384. The molecule has 0 aliphatic rings. The van der Waals surface area contributed by atoms with Crippen LogP contribution in [0.1, 0.15) is 22.5 Å². The number of hydrogen-bond acceptors (Lipinski definition) is 5. The molecule has 6 nitrogen and oxygen atoms in total. The van der Waals surface area contributed by atoms with E-state index >= 15 is 0 Å². The number of nitrogens with zero attached hydrogens (tertiary/aromatic N) is 2. The number of rotatable bonds is 3. The standard InChI is InChI=1S/C7H5F2N3O3/c8-6(9)5-3(2-13)1-4(12(14)15)7(10)11-5/h1-2,6H,(H2,10,11). The Morgan fingerprint density at radius 2 is 2.20 bits per heavy atom. The lowest BCUT2D eigenvalue weighted by atomic mass is 10.2. The van der Waals surface area contributed by atoms with Crippen LogP contribution in [0.4, 0.5) is 20.3 Å². The van der Waals surface area contributed by atoms with Crippen molar-refractivity contribution in [1.29, 1.82) is 0 Å². The fourth-order valence-electron chi connectivity index (χ4n) is 0.962. The van der Waals surface area contributed by atoms with Gasteiger partial charge in [-0.1, -0.05) is 0 Å². The fraction of sp³-hybridized carbons (Fsp3) is 0.143. The van der Waals surface area contributed by atoms with Gasteiger partial charge >= 0.3 is 5.69 Å². The van der Waals surface area contributed by atoms with Crippen molar-refractivity contribution in [2.24, 2.45) is 0 Å². The zero-order valence-corrected chi connectivity index (χ0v) is 7.18. The van der Waals surface area contributed by atoms with Crippen LogP contribution in [0.25, 0.3) is 0 Å². The second-order valence-corrected chi connectivity index (χ2v) is 2.54. The molecule has 0 atom stereocenters. The number of aromatic nitrogens is 1. The van der Waals surface area contributed by atoms with Gasteiger partial charge in [-0.15, -0.1) is 0 Å². The van der Waals surface area contributed by atoms with Crippen LogP contribution in [0.3, 0.4) is 0 Å². The number of pyridine rings is 1. The average molecular weight is 217 g/mol. The summed E-state index contributed by atoms with van der Waals surface area (Å²) >= 11 is 0. The van der Waals surface area contributed by atoms with Gasteiger partial charge in [-0.2, -0.15) is 0 Å². The summed E-state index contributed by atoms with van der Waals surface area (Å²) in [6.07, 6.45) is -2.94. The molecule has 0 spiro atoms. The minimum atomic E-state index is -3.01. The first-order valence-electron chi connectivity index (χ1n) is 3.65. The molecular formula is C7H5F2N3O3. The van der Waals surface area contributed by atoms with E-state index < -0.39 is 34.1 Å². The molecule has 2 N–H and O–H groups in total. The SMILES string of the molecule is Nc1nc(C(F)F)c(C=O)cc1[N+](=O)[O-]. The molecule has 0 aliphatic heterocycles. The van der Waals surface area contributed by atoms with E-state index in [0.717, 1.165) is 0 Å². The first-order chi connectivity index (χ1) is 6.97. The Morgan fingerprint density at radius 3 is 2.60 bits per heavy atom. The zero-order chi connectivity index (χ0) is 11.6. The molecular weight excluding hydrogens is 212 g/mol. The number of alkyl halides is 2. The molecule has 1 rings (SSSR count). The maximum Gasteiger partial charge on any atom is 0.311 e. The van der Waals surface area contributed by atoms with E-state index in [4.69, 9.17) is 5.73 Å². The molecule has 0 aromatic carbocycles. The van der Waals surface area contributed by atoms with Crippen LogP contribution in [-0.4, -0.2) is 16.2 Å². The second-order valence-electron chi connectivity index (χ2n) is 2.54. The summed E-state index contributed by atoms with van der Waals surface area (Å²) in [7, 11) is 0. The van der Waals surface area contributed by atoms with Gasteiger partial charge in [0.05, 0.1) is 4.92 Å². The molecule has 15 heavy (non-hydrogen) atoms. The number of hydrogen-bond donors (Lipinski definition) is 1. The molecule has 0 bridgehead atoms. The third kappa shape index (κ3) is 2.03. The first-order valence-corrected chi connectivity index (χ1v) is 3.65. The number of nitrogens with two attached hydrogens (primary N) is 1. The van der Waals surface area contributed by atoms with Crippen molar-refractivity contribution in [3.63, 3.8) is 0 Å². The van der Waals surface area contributed by atoms with Gasteiger partial charge in [-0.3, -0.25) is 14.9 Å². The maximum absolute atomic E-state index is 12.3. The van der Waals surface area contributed by atoms with Crippen molar-refractivity contribution < 1.29 is 18.5 Å². The number of carbonyl (C=O) groups excluding carboxylic acids is 1. The highest BCUT2D eigenvalue weighted by Crippen LogP contribution is 2.27. The van der Waals surface area contributed by atoms with Gasteiger partial charge in [-0.25, -0.2) is 13.8 Å². The molecule has 0 unspecified atom stereocenters. The van der Waals surface area contributed by atoms with E-state index in [1.165, 1.54) is 0 Å². The summed E-state index contributed by atoms with van der Waals surface area (Å²) in [5.41, 5.74) is 3.03. The minimum absolute atomic E-state index is 0.0704. The van der Waals surface area contributed by atoms with E-state index in [0.29, 0.717) is 6.07 Å². The lowest BCUT2D eigenvalue weighted by Gasteiger charge is -2.03. The fourth-order valence-corrected chi connectivity index (χ4v) is 0.962. The third-order valence-corrected chi connectivity index (χ3v) is 1.62. The summed E-state index contributed by atoms with van der Waals surface area (Å²) in [6.45, 7) is 0. The summed E-state index contributed by atoms with van der Waals surface area (Å²) in [4.78, 5) is 23.0. The quantitative estimate of drug-likeness (QED) is 0.467. The van der Waals surface area contributed by atoms with Crippen LogP contribution in [0, 0.1) is 10.1 Å². The summed E-state index contributed by atoms with van der Waals surface area (Å²) in [6, 6.07) is 0.677. The van der Waals surface area contributed by atoms with Crippen molar-refractivity contribution in [1.82, 2.24) is 4.98 Å². The van der Waals surface area contributed by atoms with Crippen LogP contribution in [-0.2, 0) is 0 Å². The van der Waals surface area contributed by atoms with Crippen LogP contribution in [0.15, 0.2) is 6.07 Å². The van der Waals surface area contributed by atoms with Crippen molar-refractivity contribution in [2.75, 3.05) is 5.73 Å². The van der Waals surface area contributed by atoms with E-state index in [-0.39, 0.29) is 6.29 Å². The Morgan fingerprint density at radius 1 is 1.60 bits per heavy atom. The largest absolute Gasteiger partial charge is 0.378 e. The highest BCUT2D eigenvalue weighted by molar-refractivity contribution is 5.79. The summed E-state index contributed by atoms with van der Waals surface area (Å²) < 4.78 is 24.6. The molecule has 1 aromatic rings. The number of nitrogen functional groups attached to an aromatic ring is 1. The Balaban J connectivity index is 3.42. The van der Waals surface area contributed by atoms with E-state index in [2.05, 4.69) is 4.98 Å². The second kappa shape index (κ2) is 3.95. The normalized spacial score (nSPS) is 10.3. The monoisotopic (exact) mass is 217 g/mol. The molecule has 1 heterocycles. The molecule has 0 saturated heterocycles. The number of nitro groups is 1. The lowest BCUT2D eigenvalue weighted by Crippen LogP contribution is -2.05. The third-order valence-electron chi connectivity index (χ3n) is 1.62. The molecule has 0 amide bonds. The van der Waals surface area contributed by atoms with Crippen molar-refractivity contribution in [3.05, 3.63) is 27.4 Å². The maximum atomic E-state index is 12.3. The van der Waals surface area contributed by atoms with Crippen LogP contribution < -0.4 is 5.73 Å². The molecule has 0 fully saturated rings. The van der Waals surface area contributed by atoms with Gasteiger partial charge < -0.3 is 5.73 Å². The Bertz CT molecular complexity index is 422. The number of aldehydes is 1. The molecule has 0 saturated carbocycles. The molecule has 1 aromatic heterocycles. The van der Waals surface area contributed by atoms with Gasteiger partial charge in [0.2, 0.25) is 5.82 Å². The van der Waals surface area contributed by atoms with Gasteiger partial charge in [0.1, 0.15) is 5.69 Å². The topological polar surface area (TPSA) is 99.1 Å². The van der Waals surface area contributed by atoms with Gasteiger partial charge in [0, 0.05) is 11.6 Å². The summed E-state index contributed by atoms with van der Waals surface area (Å²) in [5, 5.41) is 10.4. The molecule has 80 valence electrons. The molecule has 8 heteroatoms. The van der Waals surface area contributed by atoms with Crippen LogP contribution in [0.2, 0.25) is 0 Å². The Labute approximate surface area is 81.9 Å². The van der Waals surface area contributed by atoms with Crippen molar-refractivity contribution in [2.45, 2.75) is 6.43 Å². The Hall–Kier alpha value is -2.12. The number of carbonyl (C=O) groups is 1. The molecule has 0 radical (unpaired) electrons. The van der Waals surface area contributed by atoms with E-state index in [1.54, 1.807) is 0 Å². The average Bonchev–Trinajstić information content (AvgIpc) is 2.16. The molecule has 0 aliphatic carbocycles. The zero-order valence-electron chi connectivity index (χ0n) is 7.18. The van der Waals surface area contributed by atoms with Crippen LogP contribution >= 0.6 is 0 Å². The first kappa shape index (κ1) is 11.0. The highest BCUT2D eigenvalue weighted by Gasteiger charge is 2.22. The minimum Gasteiger partial charge on any atom is -0.378 e. The predicted molar refractivity (Wildman–Crippen MR) is 45.6 cm³/mol. The van der Waals surface area contributed by atoms with Crippen molar-refractivity contribution in [3.8, 4) is 0 Å².